The maximum atomic E-state index is 10.6. The second-order valence-electron chi connectivity index (χ2n) is 4.69. The second-order valence-corrected chi connectivity index (χ2v) is 4.69. The molecule has 0 aromatic carbocycles. The Hall–Kier alpha value is -1.76. The zero-order valence-electron chi connectivity index (χ0n) is 10.4. The fourth-order valence-electron chi connectivity index (χ4n) is 2.43. The van der Waals surface area contributed by atoms with Crippen molar-refractivity contribution in [1.82, 2.24) is 5.32 Å². The molecule has 7 heteroatoms. The molecule has 3 unspecified atom stereocenters. The third-order valence-corrected chi connectivity index (χ3v) is 3.39. The normalized spacial score (nSPS) is 30.4. The van der Waals surface area contributed by atoms with Crippen LogP contribution in [0.3, 0.4) is 0 Å². The molecule has 4 nitrogen and oxygen atoms in total. The van der Waals surface area contributed by atoms with Crippen molar-refractivity contribution in [2.24, 2.45) is 11.8 Å². The van der Waals surface area contributed by atoms with Crippen LogP contribution >= 0.6 is 0 Å². The number of hydrogen-bond donors (Lipinski definition) is 2. The van der Waals surface area contributed by atoms with E-state index in [4.69, 9.17) is 14.6 Å². The van der Waals surface area contributed by atoms with Gasteiger partial charge in [0.2, 0.25) is 0 Å². The number of aliphatic carboxylic acids is 1. The number of carboxylic acid groups (broad SMARTS) is 1. The molecule has 3 aliphatic rings. The van der Waals surface area contributed by atoms with Gasteiger partial charge < -0.3 is 15.2 Å². The SMILES string of the molecule is C1=CC2=COC3CNCC3C2C=C1.O=C(O)C(F)(F)F. The van der Waals surface area contributed by atoms with E-state index in [-0.39, 0.29) is 0 Å². The summed E-state index contributed by atoms with van der Waals surface area (Å²) in [4.78, 5) is 8.90. The maximum absolute atomic E-state index is 10.6. The fourth-order valence-corrected chi connectivity index (χ4v) is 2.43. The van der Waals surface area contributed by atoms with E-state index in [1.807, 2.05) is 6.26 Å². The standard InChI is InChI=1S/C11H13NO.C2HF3O2/c1-2-4-9-8(3-1)7-13-11-6-12-5-10(9)11;3-2(4,5)1(6)7/h1-4,7,9-12H,5-6H2;(H,6,7). The number of alkyl halides is 3. The van der Waals surface area contributed by atoms with Crippen LogP contribution in [0.25, 0.3) is 0 Å². The Bertz CT molecular complexity index is 468. The monoisotopic (exact) mass is 289 g/mol. The first-order valence-corrected chi connectivity index (χ1v) is 6.11. The van der Waals surface area contributed by atoms with Crippen molar-refractivity contribution in [3.63, 3.8) is 0 Å². The molecule has 0 bridgehead atoms. The highest BCUT2D eigenvalue weighted by atomic mass is 19.4. The molecule has 1 aliphatic carbocycles. The number of hydrogen-bond acceptors (Lipinski definition) is 3. The van der Waals surface area contributed by atoms with Gasteiger partial charge in [0, 0.05) is 24.9 Å². The van der Waals surface area contributed by atoms with E-state index < -0.39 is 12.1 Å². The quantitative estimate of drug-likeness (QED) is 0.714. The topological polar surface area (TPSA) is 58.6 Å². The van der Waals surface area contributed by atoms with Crippen molar-refractivity contribution in [3.05, 3.63) is 36.1 Å². The summed E-state index contributed by atoms with van der Waals surface area (Å²) in [5.41, 5.74) is 1.33. The molecule has 1 fully saturated rings. The van der Waals surface area contributed by atoms with Crippen LogP contribution in [0.4, 0.5) is 13.2 Å². The fraction of sp³-hybridized carbons (Fsp3) is 0.462. The van der Waals surface area contributed by atoms with E-state index in [0.29, 0.717) is 17.9 Å². The highest BCUT2D eigenvalue weighted by Gasteiger charge is 2.38. The van der Waals surface area contributed by atoms with Crippen molar-refractivity contribution in [2.75, 3.05) is 13.1 Å². The van der Waals surface area contributed by atoms with Gasteiger partial charge in [-0.1, -0.05) is 24.3 Å². The van der Waals surface area contributed by atoms with Crippen LogP contribution in [0.15, 0.2) is 36.1 Å². The average molecular weight is 289 g/mol. The third kappa shape index (κ3) is 3.22. The van der Waals surface area contributed by atoms with Crippen LogP contribution in [0.1, 0.15) is 0 Å². The first-order valence-electron chi connectivity index (χ1n) is 6.11. The molecule has 0 spiro atoms. The summed E-state index contributed by atoms with van der Waals surface area (Å²) in [6, 6.07) is 0. The van der Waals surface area contributed by atoms with E-state index in [1.54, 1.807) is 0 Å². The molecule has 2 aliphatic heterocycles. The van der Waals surface area contributed by atoms with Gasteiger partial charge in [-0.25, -0.2) is 4.79 Å². The molecular formula is C13H14F3NO3. The Kier molecular flexibility index (Phi) is 4.17. The first kappa shape index (κ1) is 14.6. The molecule has 20 heavy (non-hydrogen) atoms. The molecule has 1 saturated heterocycles. The Morgan fingerprint density at radius 1 is 1.35 bits per heavy atom. The number of allylic oxidation sites excluding steroid dienone is 5. The highest BCUT2D eigenvalue weighted by molar-refractivity contribution is 5.73. The van der Waals surface area contributed by atoms with Crippen molar-refractivity contribution in [3.8, 4) is 0 Å². The first-order chi connectivity index (χ1) is 9.39. The van der Waals surface area contributed by atoms with E-state index in [0.717, 1.165) is 13.1 Å². The number of carboxylic acids is 1. The largest absolute Gasteiger partial charge is 0.496 e. The lowest BCUT2D eigenvalue weighted by atomic mass is 9.80. The van der Waals surface area contributed by atoms with Gasteiger partial charge in [-0.15, -0.1) is 0 Å². The zero-order chi connectivity index (χ0) is 14.8. The predicted molar refractivity (Wildman–Crippen MR) is 64.8 cm³/mol. The Balaban J connectivity index is 0.000000182. The average Bonchev–Trinajstić information content (AvgIpc) is 2.87. The molecule has 3 atom stereocenters. The number of halogens is 3. The van der Waals surface area contributed by atoms with Crippen molar-refractivity contribution < 1.29 is 27.8 Å². The summed E-state index contributed by atoms with van der Waals surface area (Å²) in [5, 5.41) is 10.5. The van der Waals surface area contributed by atoms with Gasteiger partial charge in [-0.05, 0) is 5.57 Å². The lowest BCUT2D eigenvalue weighted by Gasteiger charge is -2.32. The van der Waals surface area contributed by atoms with Crippen LogP contribution in [0.2, 0.25) is 0 Å². The van der Waals surface area contributed by atoms with Gasteiger partial charge in [0.05, 0.1) is 6.26 Å². The minimum Gasteiger partial charge on any atom is -0.496 e. The Morgan fingerprint density at radius 3 is 2.70 bits per heavy atom. The molecule has 0 aromatic rings. The van der Waals surface area contributed by atoms with Crippen LogP contribution in [0.5, 0.6) is 0 Å². The van der Waals surface area contributed by atoms with Gasteiger partial charge in [0.1, 0.15) is 6.10 Å². The molecule has 3 rings (SSSR count). The van der Waals surface area contributed by atoms with Gasteiger partial charge in [-0.3, -0.25) is 0 Å². The summed E-state index contributed by atoms with van der Waals surface area (Å²) in [7, 11) is 0. The molecule has 0 amide bonds. The van der Waals surface area contributed by atoms with E-state index in [1.165, 1.54) is 5.57 Å². The molecule has 0 saturated carbocycles. The van der Waals surface area contributed by atoms with Gasteiger partial charge in [0.15, 0.2) is 0 Å². The van der Waals surface area contributed by atoms with E-state index >= 15 is 0 Å². The molecule has 110 valence electrons. The van der Waals surface area contributed by atoms with Crippen molar-refractivity contribution in [1.29, 1.82) is 0 Å². The van der Waals surface area contributed by atoms with E-state index in [2.05, 4.69) is 29.6 Å². The van der Waals surface area contributed by atoms with Crippen LogP contribution in [0, 0.1) is 11.8 Å². The summed E-state index contributed by atoms with van der Waals surface area (Å²) in [6.45, 7) is 2.09. The van der Waals surface area contributed by atoms with Gasteiger partial charge in [0.25, 0.3) is 0 Å². The molecular weight excluding hydrogens is 275 g/mol. The lowest BCUT2D eigenvalue weighted by Crippen LogP contribution is -2.32. The number of nitrogens with one attached hydrogen (secondary N) is 1. The number of rotatable bonds is 0. The third-order valence-electron chi connectivity index (χ3n) is 3.39. The van der Waals surface area contributed by atoms with Crippen LogP contribution in [-0.2, 0) is 9.53 Å². The predicted octanol–water partition coefficient (Wildman–Crippen LogP) is 1.86. The zero-order valence-corrected chi connectivity index (χ0v) is 10.4. The van der Waals surface area contributed by atoms with Crippen LogP contribution < -0.4 is 5.32 Å². The minimum absolute atomic E-state index is 0.393. The molecule has 2 heterocycles. The number of carbonyl (C=O) groups is 1. The number of fused-ring (bicyclic) bond motifs is 3. The Morgan fingerprint density at radius 2 is 2.05 bits per heavy atom. The summed E-state index contributed by atoms with van der Waals surface area (Å²) in [6.07, 6.45) is 5.90. The van der Waals surface area contributed by atoms with Crippen molar-refractivity contribution >= 4 is 5.97 Å². The van der Waals surface area contributed by atoms with Crippen molar-refractivity contribution in [2.45, 2.75) is 12.3 Å². The highest BCUT2D eigenvalue weighted by Crippen LogP contribution is 2.35. The summed E-state index contributed by atoms with van der Waals surface area (Å²) < 4.78 is 37.4. The second kappa shape index (κ2) is 5.70. The summed E-state index contributed by atoms with van der Waals surface area (Å²) >= 11 is 0. The maximum Gasteiger partial charge on any atom is 0.490 e. The lowest BCUT2D eigenvalue weighted by molar-refractivity contribution is -0.192. The minimum atomic E-state index is -5.08. The van der Waals surface area contributed by atoms with Gasteiger partial charge >= 0.3 is 12.1 Å². The van der Waals surface area contributed by atoms with E-state index in [9.17, 15) is 13.2 Å². The van der Waals surface area contributed by atoms with Crippen LogP contribution in [-0.4, -0.2) is 36.4 Å². The molecule has 0 radical (unpaired) electrons. The van der Waals surface area contributed by atoms with Gasteiger partial charge in [-0.2, -0.15) is 13.2 Å². The Labute approximate surface area is 113 Å². The number of ether oxygens (including phenoxy) is 1. The smallest absolute Gasteiger partial charge is 0.490 e. The molecule has 0 aromatic heterocycles. The molecule has 2 N–H and O–H groups in total. The summed E-state index contributed by atoms with van der Waals surface area (Å²) in [5.74, 6) is -1.53.